The zero-order valence-corrected chi connectivity index (χ0v) is 17.7. The highest BCUT2D eigenvalue weighted by atomic mass is 35.5. The average molecular weight is 462 g/mol. The molecule has 1 heterocycles. The Bertz CT molecular complexity index is 988. The van der Waals surface area contributed by atoms with Gasteiger partial charge in [0.25, 0.3) is 0 Å². The van der Waals surface area contributed by atoms with Crippen molar-refractivity contribution in [3.63, 3.8) is 0 Å². The van der Waals surface area contributed by atoms with E-state index in [2.05, 4.69) is 15.5 Å². The first-order valence-electron chi connectivity index (χ1n) is 7.57. The quantitative estimate of drug-likeness (QED) is 0.485. The first-order valence-corrected chi connectivity index (χ1v) is 10.1. The number of amides is 1. The van der Waals surface area contributed by atoms with Crippen LogP contribution in [0, 0.1) is 0 Å². The van der Waals surface area contributed by atoms with Crippen LogP contribution in [0.15, 0.2) is 41.6 Å². The maximum absolute atomic E-state index is 12.2. The van der Waals surface area contributed by atoms with Gasteiger partial charge in [0.05, 0.1) is 15.8 Å². The van der Waals surface area contributed by atoms with E-state index in [0.29, 0.717) is 36.8 Å². The maximum atomic E-state index is 12.2. The van der Waals surface area contributed by atoms with Crippen molar-refractivity contribution < 1.29 is 4.79 Å². The smallest absolute Gasteiger partial charge is 0.234 e. The summed E-state index contributed by atoms with van der Waals surface area (Å²) in [6, 6.07) is 10.1. The monoisotopic (exact) mass is 460 g/mol. The summed E-state index contributed by atoms with van der Waals surface area (Å²) >= 11 is 25.1. The lowest BCUT2D eigenvalue weighted by Crippen LogP contribution is -2.14. The summed E-state index contributed by atoms with van der Waals surface area (Å²) in [6.07, 6.45) is 0. The molecule has 27 heavy (non-hydrogen) atoms. The van der Waals surface area contributed by atoms with Gasteiger partial charge >= 0.3 is 0 Å². The van der Waals surface area contributed by atoms with Crippen molar-refractivity contribution in [3.05, 3.63) is 56.5 Å². The predicted octanol–water partition coefficient (Wildman–Crippen LogP) is 5.83. The van der Waals surface area contributed by atoms with E-state index in [1.807, 2.05) is 13.1 Å². The van der Waals surface area contributed by atoms with Crippen LogP contribution in [0.4, 0.5) is 5.69 Å². The summed E-state index contributed by atoms with van der Waals surface area (Å²) in [7, 11) is 1.81. The number of hydrogen-bond donors (Lipinski definition) is 1. The number of hydrogen-bond acceptors (Lipinski definition) is 4. The number of carbonyl (C=O) groups is 1. The van der Waals surface area contributed by atoms with E-state index in [-0.39, 0.29) is 11.7 Å². The van der Waals surface area contributed by atoms with Crippen molar-refractivity contribution in [3.8, 4) is 11.4 Å². The third-order valence-corrected chi connectivity index (χ3v) is 5.69. The molecule has 0 atom stereocenters. The standard InChI is InChI=1S/C17H12Cl4N4OS/c1-25-16(9-2-3-13(20)14(21)4-9)23-24-17(25)27-8-15(26)22-12-6-10(18)5-11(19)7-12/h2-7H,8H2,1H3,(H,22,26). The van der Waals surface area contributed by atoms with Crippen LogP contribution >= 0.6 is 58.2 Å². The minimum absolute atomic E-state index is 0.150. The fourth-order valence-electron chi connectivity index (χ4n) is 2.28. The van der Waals surface area contributed by atoms with Gasteiger partial charge in [-0.05, 0) is 36.4 Å². The number of halogens is 4. The molecule has 3 rings (SSSR count). The number of aromatic nitrogens is 3. The molecule has 0 saturated carbocycles. The number of rotatable bonds is 5. The van der Waals surface area contributed by atoms with E-state index in [1.165, 1.54) is 11.8 Å². The number of nitrogens with zero attached hydrogens (tertiary/aromatic N) is 3. The first kappa shape index (κ1) is 20.3. The van der Waals surface area contributed by atoms with Crippen LogP contribution in [-0.2, 0) is 11.8 Å². The minimum atomic E-state index is -0.211. The van der Waals surface area contributed by atoms with Gasteiger partial charge < -0.3 is 9.88 Å². The van der Waals surface area contributed by atoms with E-state index < -0.39 is 0 Å². The highest BCUT2D eigenvalue weighted by molar-refractivity contribution is 7.99. The lowest BCUT2D eigenvalue weighted by atomic mass is 10.2. The second-order valence-corrected chi connectivity index (χ2v) is 8.12. The third kappa shape index (κ3) is 5.09. The van der Waals surface area contributed by atoms with Gasteiger partial charge in [0.1, 0.15) is 0 Å². The normalized spacial score (nSPS) is 10.9. The topological polar surface area (TPSA) is 59.8 Å². The second-order valence-electron chi connectivity index (χ2n) is 5.49. The van der Waals surface area contributed by atoms with Crippen LogP contribution in [0.3, 0.4) is 0 Å². The summed E-state index contributed by atoms with van der Waals surface area (Å²) in [5.41, 5.74) is 1.32. The van der Waals surface area contributed by atoms with E-state index in [4.69, 9.17) is 46.4 Å². The molecule has 0 radical (unpaired) electrons. The summed E-state index contributed by atoms with van der Waals surface area (Å²) < 4.78 is 1.79. The Morgan fingerprint density at radius 3 is 2.41 bits per heavy atom. The Morgan fingerprint density at radius 1 is 1.04 bits per heavy atom. The fourth-order valence-corrected chi connectivity index (χ4v) is 3.82. The van der Waals surface area contributed by atoms with Crippen molar-refractivity contribution in [2.75, 3.05) is 11.1 Å². The molecular weight excluding hydrogens is 450 g/mol. The third-order valence-electron chi connectivity index (χ3n) is 3.49. The predicted molar refractivity (Wildman–Crippen MR) is 112 cm³/mol. The average Bonchev–Trinajstić information content (AvgIpc) is 2.95. The molecule has 0 aliphatic carbocycles. The maximum Gasteiger partial charge on any atom is 0.234 e. The molecule has 5 nitrogen and oxygen atoms in total. The number of thioether (sulfide) groups is 1. The minimum Gasteiger partial charge on any atom is -0.325 e. The van der Waals surface area contributed by atoms with Gasteiger partial charge in [0.2, 0.25) is 5.91 Å². The van der Waals surface area contributed by atoms with Gasteiger partial charge in [0, 0.05) is 28.3 Å². The largest absolute Gasteiger partial charge is 0.325 e. The van der Waals surface area contributed by atoms with Gasteiger partial charge in [-0.1, -0.05) is 58.2 Å². The van der Waals surface area contributed by atoms with Gasteiger partial charge in [-0.3, -0.25) is 4.79 Å². The molecular formula is C17H12Cl4N4OS. The van der Waals surface area contributed by atoms with Crippen LogP contribution in [0.5, 0.6) is 0 Å². The lowest BCUT2D eigenvalue weighted by molar-refractivity contribution is -0.113. The van der Waals surface area contributed by atoms with Gasteiger partial charge in [-0.15, -0.1) is 10.2 Å². The molecule has 140 valence electrons. The number of nitrogens with one attached hydrogen (secondary N) is 1. The molecule has 0 aliphatic heterocycles. The highest BCUT2D eigenvalue weighted by Crippen LogP contribution is 2.29. The molecule has 3 aromatic rings. The zero-order valence-electron chi connectivity index (χ0n) is 13.8. The Labute approximate surface area is 180 Å². The van der Waals surface area contributed by atoms with Gasteiger partial charge in [-0.2, -0.15) is 0 Å². The summed E-state index contributed by atoms with van der Waals surface area (Å²) in [5, 5.41) is 13.4. The van der Waals surface area contributed by atoms with E-state index in [1.54, 1.807) is 34.9 Å². The zero-order chi connectivity index (χ0) is 19.6. The van der Waals surface area contributed by atoms with Crippen molar-refractivity contribution in [2.24, 2.45) is 7.05 Å². The molecule has 0 unspecified atom stereocenters. The Kier molecular flexibility index (Phi) is 6.55. The van der Waals surface area contributed by atoms with Crippen molar-refractivity contribution in [1.29, 1.82) is 0 Å². The number of carbonyl (C=O) groups excluding carboxylic acids is 1. The molecule has 1 aromatic heterocycles. The Hall–Kier alpha value is -1.44. The van der Waals surface area contributed by atoms with Crippen molar-refractivity contribution in [2.45, 2.75) is 5.16 Å². The molecule has 2 aromatic carbocycles. The molecule has 1 amide bonds. The van der Waals surface area contributed by atoms with Crippen LogP contribution in [0.1, 0.15) is 0 Å². The fraction of sp³-hybridized carbons (Fsp3) is 0.118. The van der Waals surface area contributed by atoms with Crippen LogP contribution in [-0.4, -0.2) is 26.4 Å². The molecule has 0 fully saturated rings. The Balaban J connectivity index is 1.67. The molecule has 10 heteroatoms. The second kappa shape index (κ2) is 8.71. The molecule has 0 saturated heterocycles. The van der Waals surface area contributed by atoms with E-state index >= 15 is 0 Å². The molecule has 0 spiro atoms. The van der Waals surface area contributed by atoms with Crippen LogP contribution in [0.25, 0.3) is 11.4 Å². The summed E-state index contributed by atoms with van der Waals surface area (Å²) in [4.78, 5) is 12.2. The Morgan fingerprint density at radius 2 is 1.74 bits per heavy atom. The van der Waals surface area contributed by atoms with Crippen molar-refractivity contribution >= 4 is 69.8 Å². The van der Waals surface area contributed by atoms with E-state index in [9.17, 15) is 4.79 Å². The summed E-state index contributed by atoms with van der Waals surface area (Å²) in [5.74, 6) is 0.563. The summed E-state index contributed by atoms with van der Waals surface area (Å²) in [6.45, 7) is 0. The number of anilines is 1. The first-order chi connectivity index (χ1) is 12.8. The van der Waals surface area contributed by atoms with Crippen LogP contribution < -0.4 is 5.32 Å². The van der Waals surface area contributed by atoms with Crippen LogP contribution in [0.2, 0.25) is 20.1 Å². The van der Waals surface area contributed by atoms with Gasteiger partial charge in [0.15, 0.2) is 11.0 Å². The van der Waals surface area contributed by atoms with Crippen molar-refractivity contribution in [1.82, 2.24) is 14.8 Å². The lowest BCUT2D eigenvalue weighted by Gasteiger charge is -2.07. The van der Waals surface area contributed by atoms with Gasteiger partial charge in [-0.25, -0.2) is 0 Å². The molecule has 1 N–H and O–H groups in total. The molecule has 0 bridgehead atoms. The van der Waals surface area contributed by atoms with E-state index in [0.717, 1.165) is 5.56 Å². The number of benzene rings is 2. The SMILES string of the molecule is Cn1c(SCC(=O)Nc2cc(Cl)cc(Cl)c2)nnc1-c1ccc(Cl)c(Cl)c1. The molecule has 0 aliphatic rings. The highest BCUT2D eigenvalue weighted by Gasteiger charge is 2.14.